The third-order valence-electron chi connectivity index (χ3n) is 7.69. The number of ketones is 1. The molecule has 1 aliphatic rings. The van der Waals surface area contributed by atoms with Gasteiger partial charge >= 0.3 is 6.36 Å². The van der Waals surface area contributed by atoms with Gasteiger partial charge in [-0.05, 0) is 43.7 Å². The summed E-state index contributed by atoms with van der Waals surface area (Å²) in [5, 5.41) is 16.2. The number of Topliss-reactive ketones (excluding diaryl/α,β-unsaturated/α-hetero) is 1. The Morgan fingerprint density at radius 2 is 1.79 bits per heavy atom. The summed E-state index contributed by atoms with van der Waals surface area (Å²) in [5.41, 5.74) is 2.05. The lowest BCUT2D eigenvalue weighted by Gasteiger charge is -2.34. The maximum Gasteiger partial charge on any atom is 0.522 e. The lowest BCUT2D eigenvalue weighted by Crippen LogP contribution is -2.50. The minimum atomic E-state index is -4.67. The summed E-state index contributed by atoms with van der Waals surface area (Å²) in [6.07, 6.45) is -0.441. The van der Waals surface area contributed by atoms with E-state index in [2.05, 4.69) is 25.3 Å². The van der Waals surface area contributed by atoms with Gasteiger partial charge in [0, 0.05) is 61.3 Å². The molecule has 12 nitrogen and oxygen atoms in total. The quantitative estimate of drug-likeness (QED) is 0.219. The minimum Gasteiger partial charge on any atom is -0.339 e. The van der Waals surface area contributed by atoms with Crippen LogP contribution in [-0.4, -0.2) is 97.6 Å². The van der Waals surface area contributed by atoms with Crippen molar-refractivity contribution in [3.8, 4) is 5.82 Å². The fourth-order valence-corrected chi connectivity index (χ4v) is 5.47. The molecule has 1 aliphatic heterocycles. The number of ether oxygens (including phenoxy) is 1. The molecule has 0 saturated carbocycles. The van der Waals surface area contributed by atoms with Gasteiger partial charge in [0.25, 0.3) is 5.91 Å². The van der Waals surface area contributed by atoms with E-state index in [1.807, 2.05) is 11.8 Å². The lowest BCUT2D eigenvalue weighted by atomic mass is 10.1. The topological polar surface area (TPSA) is 127 Å². The Hall–Kier alpha value is -4.05. The molecule has 5 rings (SSSR count). The van der Waals surface area contributed by atoms with Gasteiger partial charge in [-0.2, -0.15) is 5.10 Å². The van der Waals surface area contributed by atoms with E-state index in [-0.39, 0.29) is 48.6 Å². The van der Waals surface area contributed by atoms with Gasteiger partial charge in [0.1, 0.15) is 6.54 Å². The molecule has 2 amide bonds. The van der Waals surface area contributed by atoms with Crippen LogP contribution in [0.15, 0.2) is 42.7 Å². The van der Waals surface area contributed by atoms with E-state index in [4.69, 9.17) is 11.6 Å². The van der Waals surface area contributed by atoms with Crippen molar-refractivity contribution in [2.75, 3.05) is 44.6 Å². The predicted octanol–water partition coefficient (Wildman–Crippen LogP) is 4.92. The summed E-state index contributed by atoms with van der Waals surface area (Å²) in [4.78, 5) is 42.4. The Labute approximate surface area is 279 Å². The normalized spacial score (nSPS) is 13.9. The van der Waals surface area contributed by atoms with E-state index in [0.717, 1.165) is 6.42 Å². The van der Waals surface area contributed by atoms with Crippen molar-refractivity contribution >= 4 is 58.3 Å². The highest BCUT2D eigenvalue weighted by molar-refractivity contribution is 6.31. The lowest BCUT2D eigenvalue weighted by molar-refractivity contribution is -0.325. The molecule has 0 atom stereocenters. The van der Waals surface area contributed by atoms with Gasteiger partial charge in [-0.1, -0.05) is 18.5 Å². The highest BCUT2D eigenvalue weighted by Gasteiger charge is 2.30. The highest BCUT2D eigenvalue weighted by Crippen LogP contribution is 2.26. The van der Waals surface area contributed by atoms with Crippen LogP contribution in [0.2, 0.25) is 5.02 Å². The van der Waals surface area contributed by atoms with Gasteiger partial charge in [-0.15, -0.1) is 35.8 Å². The zero-order chi connectivity index (χ0) is 33.0. The van der Waals surface area contributed by atoms with Crippen molar-refractivity contribution in [1.82, 2.24) is 34.3 Å². The predicted molar refractivity (Wildman–Crippen MR) is 170 cm³/mol. The third kappa shape index (κ3) is 8.66. The van der Waals surface area contributed by atoms with Crippen molar-refractivity contribution in [3.05, 3.63) is 64.6 Å². The molecule has 17 heteroatoms. The molecule has 0 spiro atoms. The Bertz CT molecular complexity index is 1740. The number of nitrogens with zero attached hydrogens (tertiary/aromatic N) is 7. The van der Waals surface area contributed by atoms with E-state index in [1.165, 1.54) is 10.9 Å². The number of alkyl halides is 3. The van der Waals surface area contributed by atoms with E-state index in [0.29, 0.717) is 65.6 Å². The van der Waals surface area contributed by atoms with Gasteiger partial charge in [0.05, 0.1) is 29.6 Å². The second-order valence-electron chi connectivity index (χ2n) is 10.8. The number of rotatable bonds is 11. The molecule has 0 aliphatic carbocycles. The van der Waals surface area contributed by atoms with E-state index < -0.39 is 18.9 Å². The molecule has 252 valence electrons. The van der Waals surface area contributed by atoms with Gasteiger partial charge in [0.15, 0.2) is 17.4 Å². The molecule has 1 N–H and O–H groups in total. The largest absolute Gasteiger partial charge is 0.522 e. The number of carbonyl (C=O) groups excluding carboxylic acids is 3. The molecule has 1 saturated heterocycles. The van der Waals surface area contributed by atoms with Crippen LogP contribution in [0.4, 0.5) is 19.0 Å². The Balaban J connectivity index is 0.00000500. The summed E-state index contributed by atoms with van der Waals surface area (Å²) in [7, 11) is 0. The molecule has 0 bridgehead atoms. The number of benzene rings is 1. The van der Waals surface area contributed by atoms with Gasteiger partial charge in [-0.3, -0.25) is 24.0 Å². The van der Waals surface area contributed by atoms with Gasteiger partial charge in [-0.25, -0.2) is 4.68 Å². The molecule has 1 fully saturated rings. The standard InChI is InChI=1S/C30H32ClF3N8O4.ClH/c1-3-4-25(43)22-16-35-42(19(22)2)27-8-7-26(37-38-27)36-29(45)23-17-41(24-6-5-20(31)15-21(23)24)18-28(44)40-11-9-39(10-12-40)13-14-46-30(32,33)34;/h5-8,15-17H,3-4,9-14,18H2,1-2H3,(H,36,37,45);1H. The van der Waals surface area contributed by atoms with Crippen LogP contribution < -0.4 is 5.32 Å². The first-order chi connectivity index (χ1) is 21.9. The van der Waals surface area contributed by atoms with Crippen molar-refractivity contribution in [1.29, 1.82) is 0 Å². The zero-order valence-corrected chi connectivity index (χ0v) is 27.2. The number of piperazine rings is 1. The first kappa shape index (κ1) is 35.8. The monoisotopic (exact) mass is 696 g/mol. The maximum absolute atomic E-state index is 13.4. The summed E-state index contributed by atoms with van der Waals surface area (Å²) in [5.74, 6) is -0.125. The fraction of sp³-hybridized carbons (Fsp3) is 0.400. The molecule has 4 heterocycles. The number of halogens is 5. The molecular formula is C30H33Cl2F3N8O4. The van der Waals surface area contributed by atoms with Gasteiger partial charge in [0.2, 0.25) is 5.91 Å². The number of hydrogen-bond donors (Lipinski definition) is 1. The van der Waals surface area contributed by atoms with E-state index in [9.17, 15) is 27.6 Å². The first-order valence-corrected chi connectivity index (χ1v) is 15.0. The number of anilines is 1. The number of fused-ring (bicyclic) bond motifs is 1. The zero-order valence-electron chi connectivity index (χ0n) is 25.6. The fourth-order valence-electron chi connectivity index (χ4n) is 5.30. The smallest absolute Gasteiger partial charge is 0.339 e. The molecule has 4 aromatic rings. The Morgan fingerprint density at radius 1 is 1.04 bits per heavy atom. The maximum atomic E-state index is 13.4. The average molecular weight is 698 g/mol. The second kappa shape index (κ2) is 15.2. The number of amides is 2. The van der Waals surface area contributed by atoms with Crippen LogP contribution in [0, 0.1) is 6.92 Å². The van der Waals surface area contributed by atoms with Crippen LogP contribution in [0.1, 0.15) is 46.2 Å². The highest BCUT2D eigenvalue weighted by atomic mass is 35.5. The third-order valence-corrected chi connectivity index (χ3v) is 7.92. The van der Waals surface area contributed by atoms with Crippen LogP contribution in [0.3, 0.4) is 0 Å². The average Bonchev–Trinajstić information content (AvgIpc) is 3.57. The first-order valence-electron chi connectivity index (χ1n) is 14.7. The van der Waals surface area contributed by atoms with Crippen LogP contribution in [0.25, 0.3) is 16.7 Å². The summed E-state index contributed by atoms with van der Waals surface area (Å²) < 4.78 is 43.8. The molecule has 47 heavy (non-hydrogen) atoms. The van der Waals surface area contributed by atoms with Crippen molar-refractivity contribution in [2.45, 2.75) is 39.6 Å². The van der Waals surface area contributed by atoms with E-state index in [1.54, 1.807) is 52.9 Å². The number of carbonyl (C=O) groups is 3. The van der Waals surface area contributed by atoms with Crippen LogP contribution in [0.5, 0.6) is 0 Å². The SMILES string of the molecule is CCCC(=O)c1cnn(-c2ccc(NC(=O)c3cn(CC(=O)N4CCN(CCOC(F)(F)F)CC4)c4ccc(Cl)cc34)nn2)c1C.Cl. The molecule has 1 aromatic carbocycles. The molecule has 0 radical (unpaired) electrons. The summed E-state index contributed by atoms with van der Waals surface area (Å²) in [6.45, 7) is 4.84. The number of nitrogens with one attached hydrogen (secondary N) is 1. The summed E-state index contributed by atoms with van der Waals surface area (Å²) >= 11 is 6.25. The van der Waals surface area contributed by atoms with Crippen molar-refractivity contribution in [3.63, 3.8) is 0 Å². The Morgan fingerprint density at radius 3 is 2.45 bits per heavy atom. The number of hydrogen-bond acceptors (Lipinski definition) is 8. The van der Waals surface area contributed by atoms with Crippen molar-refractivity contribution in [2.24, 2.45) is 0 Å². The Kier molecular flexibility index (Phi) is 11.6. The van der Waals surface area contributed by atoms with Crippen molar-refractivity contribution < 1.29 is 32.3 Å². The van der Waals surface area contributed by atoms with E-state index >= 15 is 0 Å². The van der Waals surface area contributed by atoms with Gasteiger partial charge < -0.3 is 14.8 Å². The van der Waals surface area contributed by atoms with Crippen LogP contribution >= 0.6 is 24.0 Å². The number of aromatic nitrogens is 5. The molecular weight excluding hydrogens is 664 g/mol. The molecule has 3 aromatic heterocycles. The minimum absolute atomic E-state index is 0. The second-order valence-corrected chi connectivity index (χ2v) is 11.2. The van der Waals surface area contributed by atoms with Crippen LogP contribution in [-0.2, 0) is 16.1 Å². The molecule has 0 unspecified atom stereocenters. The summed E-state index contributed by atoms with van der Waals surface area (Å²) in [6, 6.07) is 8.22.